The molecule has 3 aromatic rings. The Morgan fingerprint density at radius 2 is 2.00 bits per heavy atom. The average Bonchev–Trinajstić information content (AvgIpc) is 2.68. The molecule has 0 amide bonds. The molecular formula is C13H12N2O. The van der Waals surface area contributed by atoms with Gasteiger partial charge in [0, 0.05) is 23.4 Å². The van der Waals surface area contributed by atoms with Crippen LogP contribution < -0.4 is 5.73 Å². The van der Waals surface area contributed by atoms with Gasteiger partial charge in [-0.05, 0) is 18.7 Å². The van der Waals surface area contributed by atoms with E-state index in [1.165, 1.54) is 0 Å². The van der Waals surface area contributed by atoms with Crippen molar-refractivity contribution in [2.45, 2.75) is 6.42 Å². The van der Waals surface area contributed by atoms with Crippen molar-refractivity contribution in [2.24, 2.45) is 5.73 Å². The first-order valence-corrected chi connectivity index (χ1v) is 5.35. The van der Waals surface area contributed by atoms with Gasteiger partial charge in [-0.3, -0.25) is 4.98 Å². The van der Waals surface area contributed by atoms with Gasteiger partial charge in [0.2, 0.25) is 0 Å². The van der Waals surface area contributed by atoms with Gasteiger partial charge >= 0.3 is 0 Å². The Kier molecular flexibility index (Phi) is 2.11. The summed E-state index contributed by atoms with van der Waals surface area (Å²) in [6.07, 6.45) is 2.55. The van der Waals surface area contributed by atoms with E-state index in [2.05, 4.69) is 11.1 Å². The molecule has 16 heavy (non-hydrogen) atoms. The molecule has 2 aromatic heterocycles. The highest BCUT2D eigenvalue weighted by Gasteiger charge is 2.10. The minimum atomic E-state index is 0.603. The molecule has 0 saturated carbocycles. The Hall–Kier alpha value is -1.87. The fourth-order valence-corrected chi connectivity index (χ4v) is 2.07. The molecule has 0 radical (unpaired) electrons. The van der Waals surface area contributed by atoms with Crippen molar-refractivity contribution < 1.29 is 4.42 Å². The van der Waals surface area contributed by atoms with Gasteiger partial charge in [-0.25, -0.2) is 0 Å². The van der Waals surface area contributed by atoms with E-state index in [1.54, 1.807) is 6.20 Å². The molecule has 2 N–H and O–H groups in total. The number of benzene rings is 1. The lowest BCUT2D eigenvalue weighted by Crippen LogP contribution is -2.04. The van der Waals surface area contributed by atoms with Crippen LogP contribution in [0.1, 0.15) is 5.69 Å². The SMILES string of the molecule is NCCc1nccc2oc3ccccc3c12. The first-order valence-electron chi connectivity index (χ1n) is 5.35. The zero-order valence-electron chi connectivity index (χ0n) is 8.81. The van der Waals surface area contributed by atoms with Crippen LogP contribution in [0.25, 0.3) is 21.9 Å². The van der Waals surface area contributed by atoms with Gasteiger partial charge in [0.05, 0.1) is 5.69 Å². The molecule has 0 unspecified atom stereocenters. The molecule has 3 rings (SSSR count). The molecule has 3 heteroatoms. The highest BCUT2D eigenvalue weighted by molar-refractivity contribution is 6.05. The molecule has 0 saturated heterocycles. The van der Waals surface area contributed by atoms with Crippen molar-refractivity contribution in [1.29, 1.82) is 0 Å². The van der Waals surface area contributed by atoms with Crippen molar-refractivity contribution in [1.82, 2.24) is 4.98 Å². The van der Waals surface area contributed by atoms with Crippen LogP contribution in [-0.4, -0.2) is 11.5 Å². The second-order valence-corrected chi connectivity index (χ2v) is 3.77. The lowest BCUT2D eigenvalue weighted by atomic mass is 10.1. The largest absolute Gasteiger partial charge is 0.456 e. The lowest BCUT2D eigenvalue weighted by Gasteiger charge is -1.98. The summed E-state index contributed by atoms with van der Waals surface area (Å²) in [6, 6.07) is 9.91. The van der Waals surface area contributed by atoms with E-state index in [0.717, 1.165) is 34.1 Å². The van der Waals surface area contributed by atoms with Crippen LogP contribution in [0, 0.1) is 0 Å². The second-order valence-electron chi connectivity index (χ2n) is 3.77. The normalized spacial score (nSPS) is 11.3. The van der Waals surface area contributed by atoms with Gasteiger partial charge in [-0.15, -0.1) is 0 Å². The zero-order chi connectivity index (χ0) is 11.0. The molecule has 0 spiro atoms. The second kappa shape index (κ2) is 3.61. The van der Waals surface area contributed by atoms with Gasteiger partial charge in [0.15, 0.2) is 0 Å². The van der Waals surface area contributed by atoms with E-state index in [-0.39, 0.29) is 0 Å². The van der Waals surface area contributed by atoms with E-state index >= 15 is 0 Å². The third-order valence-electron chi connectivity index (χ3n) is 2.75. The standard InChI is InChI=1S/C13H12N2O/c14-7-5-10-13-9-3-1-2-4-11(9)16-12(13)6-8-15-10/h1-4,6,8H,5,7,14H2. The number of nitrogens with two attached hydrogens (primary N) is 1. The Morgan fingerprint density at radius 3 is 2.88 bits per heavy atom. The number of hydrogen-bond donors (Lipinski definition) is 1. The maximum atomic E-state index is 5.76. The molecule has 80 valence electrons. The van der Waals surface area contributed by atoms with Crippen LogP contribution in [0.5, 0.6) is 0 Å². The third-order valence-corrected chi connectivity index (χ3v) is 2.75. The van der Waals surface area contributed by atoms with Crippen molar-refractivity contribution in [3.63, 3.8) is 0 Å². The van der Waals surface area contributed by atoms with Gasteiger partial charge in [0.1, 0.15) is 11.2 Å². The lowest BCUT2D eigenvalue weighted by molar-refractivity contribution is 0.668. The number of fused-ring (bicyclic) bond motifs is 3. The highest BCUT2D eigenvalue weighted by atomic mass is 16.3. The van der Waals surface area contributed by atoms with Crippen LogP contribution >= 0.6 is 0 Å². The molecule has 0 aliphatic carbocycles. The number of nitrogens with zero attached hydrogens (tertiary/aromatic N) is 1. The van der Waals surface area contributed by atoms with Gasteiger partial charge in [-0.2, -0.15) is 0 Å². The molecule has 0 aliphatic heterocycles. The van der Waals surface area contributed by atoms with Crippen LogP contribution in [0.4, 0.5) is 0 Å². The van der Waals surface area contributed by atoms with Crippen LogP contribution in [-0.2, 0) is 6.42 Å². The summed E-state index contributed by atoms with van der Waals surface area (Å²) in [4.78, 5) is 4.38. The Labute approximate surface area is 92.9 Å². The monoisotopic (exact) mass is 212 g/mol. The van der Waals surface area contributed by atoms with Crippen molar-refractivity contribution in [3.05, 3.63) is 42.2 Å². The van der Waals surface area contributed by atoms with E-state index in [9.17, 15) is 0 Å². The average molecular weight is 212 g/mol. The predicted molar refractivity (Wildman–Crippen MR) is 64.3 cm³/mol. The van der Waals surface area contributed by atoms with Crippen molar-refractivity contribution >= 4 is 21.9 Å². The maximum Gasteiger partial charge on any atom is 0.138 e. The van der Waals surface area contributed by atoms with Gasteiger partial charge < -0.3 is 10.2 Å². The van der Waals surface area contributed by atoms with Crippen molar-refractivity contribution in [3.8, 4) is 0 Å². The summed E-state index contributed by atoms with van der Waals surface area (Å²) in [6.45, 7) is 0.603. The third kappa shape index (κ3) is 1.29. The molecule has 0 bridgehead atoms. The van der Waals surface area contributed by atoms with Gasteiger partial charge in [0.25, 0.3) is 0 Å². The molecule has 0 atom stereocenters. The van der Waals surface area contributed by atoms with E-state index in [0.29, 0.717) is 6.54 Å². The summed E-state index contributed by atoms with van der Waals surface area (Å²) >= 11 is 0. The quantitative estimate of drug-likeness (QED) is 0.710. The summed E-state index contributed by atoms with van der Waals surface area (Å²) in [5.74, 6) is 0. The number of para-hydroxylation sites is 1. The predicted octanol–water partition coefficient (Wildman–Crippen LogP) is 2.48. The number of pyridine rings is 1. The number of rotatable bonds is 2. The van der Waals surface area contributed by atoms with E-state index < -0.39 is 0 Å². The molecule has 2 heterocycles. The maximum absolute atomic E-state index is 5.76. The number of aromatic nitrogens is 1. The van der Waals surface area contributed by atoms with Crippen molar-refractivity contribution in [2.75, 3.05) is 6.54 Å². The van der Waals surface area contributed by atoms with E-state index in [1.807, 2.05) is 24.3 Å². The molecular weight excluding hydrogens is 200 g/mol. The zero-order valence-corrected chi connectivity index (χ0v) is 8.81. The van der Waals surface area contributed by atoms with Crippen LogP contribution in [0.3, 0.4) is 0 Å². The fraction of sp³-hybridized carbons (Fsp3) is 0.154. The molecule has 1 aromatic carbocycles. The van der Waals surface area contributed by atoms with Crippen LogP contribution in [0.2, 0.25) is 0 Å². The van der Waals surface area contributed by atoms with Crippen LogP contribution in [0.15, 0.2) is 40.9 Å². The van der Waals surface area contributed by atoms with E-state index in [4.69, 9.17) is 10.2 Å². The Balaban J connectivity index is 2.43. The smallest absolute Gasteiger partial charge is 0.138 e. The summed E-state index contributed by atoms with van der Waals surface area (Å²) in [5, 5.41) is 2.22. The summed E-state index contributed by atoms with van der Waals surface area (Å²) in [5.41, 5.74) is 8.41. The summed E-state index contributed by atoms with van der Waals surface area (Å²) in [7, 11) is 0. The number of hydrogen-bond acceptors (Lipinski definition) is 3. The minimum absolute atomic E-state index is 0.603. The fourth-order valence-electron chi connectivity index (χ4n) is 2.07. The highest BCUT2D eigenvalue weighted by Crippen LogP contribution is 2.29. The van der Waals surface area contributed by atoms with Gasteiger partial charge in [-0.1, -0.05) is 18.2 Å². The first kappa shape index (κ1) is 9.36. The summed E-state index contributed by atoms with van der Waals surface area (Å²) < 4.78 is 5.76. The minimum Gasteiger partial charge on any atom is -0.456 e. The first-order chi connectivity index (χ1) is 7.90. The Bertz CT molecular complexity index is 643. The molecule has 3 nitrogen and oxygen atoms in total. The Morgan fingerprint density at radius 1 is 1.12 bits per heavy atom. The number of furan rings is 1. The topological polar surface area (TPSA) is 52.0 Å². The molecule has 0 aliphatic rings. The molecule has 0 fully saturated rings.